The molecular formula is C31H33Cl3Ti. The minimum absolute atomic E-state index is 0. The molecular weight excluding hydrogens is 527 g/mol. The molecule has 1 atom stereocenters. The van der Waals surface area contributed by atoms with Gasteiger partial charge in [-0.25, -0.2) is 5.57 Å². The van der Waals surface area contributed by atoms with Gasteiger partial charge >= 0.3 is 21.7 Å². The molecule has 0 nitrogen and oxygen atoms in total. The number of rotatable bonds is 6. The van der Waals surface area contributed by atoms with E-state index in [-0.39, 0.29) is 64.4 Å². The van der Waals surface area contributed by atoms with Crippen molar-refractivity contribution in [3.8, 4) is 0 Å². The minimum atomic E-state index is -0.331. The van der Waals surface area contributed by atoms with Crippen LogP contribution in [-0.2, 0) is 27.1 Å². The average Bonchev–Trinajstić information content (AvgIpc) is 3.24. The van der Waals surface area contributed by atoms with Gasteiger partial charge in [0, 0.05) is 5.41 Å². The molecule has 0 saturated heterocycles. The number of hydrogen-bond donors (Lipinski definition) is 0. The van der Waals surface area contributed by atoms with E-state index in [2.05, 4.69) is 120 Å². The van der Waals surface area contributed by atoms with Crippen molar-refractivity contribution in [2.24, 2.45) is 5.92 Å². The van der Waals surface area contributed by atoms with E-state index in [4.69, 9.17) is 0 Å². The summed E-state index contributed by atoms with van der Waals surface area (Å²) in [4.78, 5) is 0. The Morgan fingerprint density at radius 2 is 1.14 bits per heavy atom. The number of hydrogen-bond acceptors (Lipinski definition) is 0. The van der Waals surface area contributed by atoms with Gasteiger partial charge in [-0.15, -0.1) is 0 Å². The van der Waals surface area contributed by atoms with Gasteiger partial charge in [0.15, 0.2) is 0 Å². The third-order valence-corrected chi connectivity index (χ3v) is 6.80. The summed E-state index contributed by atoms with van der Waals surface area (Å²) in [5.41, 5.74) is 10.4. The largest absolute Gasteiger partial charge is 4.00 e. The Morgan fingerprint density at radius 3 is 1.49 bits per heavy atom. The molecule has 0 amide bonds. The number of halogens is 3. The monoisotopic (exact) mass is 558 g/mol. The van der Waals surface area contributed by atoms with Crippen LogP contribution in [0.2, 0.25) is 0 Å². The van der Waals surface area contributed by atoms with E-state index in [9.17, 15) is 0 Å². The second kappa shape index (κ2) is 14.5. The Labute approximate surface area is 245 Å². The Morgan fingerprint density at radius 1 is 0.743 bits per heavy atom. The zero-order valence-electron chi connectivity index (χ0n) is 21.1. The predicted molar refractivity (Wildman–Crippen MR) is 132 cm³/mol. The minimum Gasteiger partial charge on any atom is -1.00 e. The fourth-order valence-corrected chi connectivity index (χ4v) is 5.12. The predicted octanol–water partition coefficient (Wildman–Crippen LogP) is -0.938. The first kappa shape index (κ1) is 33.7. The van der Waals surface area contributed by atoms with Gasteiger partial charge in [-0.05, 0) is 37.5 Å². The molecule has 3 aromatic rings. The van der Waals surface area contributed by atoms with Crippen LogP contribution >= 0.6 is 0 Å². The summed E-state index contributed by atoms with van der Waals surface area (Å²) >= 11 is 0. The average molecular weight is 560 g/mol. The maximum Gasteiger partial charge on any atom is 4.00 e. The molecule has 0 aromatic heterocycles. The van der Waals surface area contributed by atoms with Gasteiger partial charge < -0.3 is 37.2 Å². The van der Waals surface area contributed by atoms with Crippen LogP contribution in [0.1, 0.15) is 60.1 Å². The van der Waals surface area contributed by atoms with Crippen LogP contribution in [0, 0.1) is 32.8 Å². The zero-order chi connectivity index (χ0) is 22.0. The molecule has 0 saturated carbocycles. The van der Waals surface area contributed by atoms with Crippen LogP contribution in [0.25, 0.3) is 0 Å². The van der Waals surface area contributed by atoms with Crippen LogP contribution in [0.4, 0.5) is 0 Å². The third kappa shape index (κ3) is 6.54. The van der Waals surface area contributed by atoms with E-state index in [1.807, 2.05) is 0 Å². The van der Waals surface area contributed by atoms with Gasteiger partial charge in [0.25, 0.3) is 0 Å². The van der Waals surface area contributed by atoms with Crippen LogP contribution in [0.3, 0.4) is 0 Å². The fraction of sp³-hybridized carbons (Fsp3) is 0.290. The molecule has 0 spiro atoms. The SMILES string of the molecule is CCC(C)C1=C(C(c2cccc(C)c2)(c2cccc(C)c2)c2cccc(C)c2)CC=[C-]1.[Cl-].[Cl-].[Cl-].[Ti+4]. The van der Waals surface area contributed by atoms with Crippen LogP contribution < -0.4 is 37.2 Å². The summed E-state index contributed by atoms with van der Waals surface area (Å²) in [5, 5.41) is 0. The van der Waals surface area contributed by atoms with Gasteiger partial charge in [-0.1, -0.05) is 122 Å². The fourth-order valence-electron chi connectivity index (χ4n) is 5.12. The molecule has 1 unspecified atom stereocenters. The Balaban J connectivity index is 0.00000289. The van der Waals surface area contributed by atoms with Crippen molar-refractivity contribution in [1.29, 1.82) is 0 Å². The summed E-state index contributed by atoms with van der Waals surface area (Å²) in [6.45, 7) is 11.2. The third-order valence-electron chi connectivity index (χ3n) is 6.80. The molecule has 4 rings (SSSR count). The molecule has 0 bridgehead atoms. The smallest absolute Gasteiger partial charge is 1.00 e. The summed E-state index contributed by atoms with van der Waals surface area (Å²) in [5.74, 6) is 0.479. The molecule has 4 heteroatoms. The van der Waals surface area contributed by atoms with Crippen molar-refractivity contribution in [3.63, 3.8) is 0 Å². The van der Waals surface area contributed by atoms with E-state index in [1.54, 1.807) is 0 Å². The molecule has 0 N–H and O–H groups in total. The topological polar surface area (TPSA) is 0 Å². The van der Waals surface area contributed by atoms with E-state index >= 15 is 0 Å². The summed E-state index contributed by atoms with van der Waals surface area (Å²) in [6.07, 6.45) is 7.97. The summed E-state index contributed by atoms with van der Waals surface area (Å²) < 4.78 is 0. The van der Waals surface area contributed by atoms with E-state index in [1.165, 1.54) is 44.5 Å². The molecule has 1 aliphatic rings. The number of allylic oxidation sites excluding steroid dienone is 4. The van der Waals surface area contributed by atoms with E-state index < -0.39 is 0 Å². The quantitative estimate of drug-likeness (QED) is 0.208. The summed E-state index contributed by atoms with van der Waals surface area (Å²) in [6, 6.07) is 27.3. The van der Waals surface area contributed by atoms with Gasteiger partial charge in [-0.3, -0.25) is 6.08 Å². The molecule has 1 aliphatic carbocycles. The standard InChI is InChI=1S/C31H33.3ClH.Ti/c1-6-25(5)29-17-10-18-30(29)31(26-14-7-11-22(2)19-26,27-15-8-12-23(3)20-27)28-16-9-13-24(4)21-28;;;;/h7-16,19-21,25H,6,18H2,1-5H3;3*1H;/q-1;;;;+4/p-3. The Hall–Kier alpha value is -1.28. The number of aryl methyl sites for hydroxylation is 3. The number of benzene rings is 3. The first-order valence-corrected chi connectivity index (χ1v) is 11.5. The molecule has 0 aliphatic heterocycles. The van der Waals surface area contributed by atoms with Crippen LogP contribution in [0.15, 0.2) is 90.0 Å². The first-order valence-electron chi connectivity index (χ1n) is 11.5. The van der Waals surface area contributed by atoms with Crippen molar-refractivity contribution < 1.29 is 58.9 Å². The van der Waals surface area contributed by atoms with E-state index in [0.717, 1.165) is 12.8 Å². The second-order valence-electron chi connectivity index (χ2n) is 9.11. The summed E-state index contributed by atoms with van der Waals surface area (Å²) in [7, 11) is 0. The van der Waals surface area contributed by atoms with Gasteiger partial charge in [-0.2, -0.15) is 11.6 Å². The molecule has 0 heterocycles. The van der Waals surface area contributed by atoms with Crippen molar-refractivity contribution in [1.82, 2.24) is 0 Å². The molecule has 3 aromatic carbocycles. The zero-order valence-corrected chi connectivity index (χ0v) is 25.0. The Kier molecular flexibility index (Phi) is 13.9. The first-order chi connectivity index (χ1) is 15.0. The maximum absolute atomic E-state index is 3.67. The van der Waals surface area contributed by atoms with Crippen molar-refractivity contribution in [2.75, 3.05) is 0 Å². The Bertz CT molecular complexity index is 1050. The molecule has 0 fully saturated rings. The second-order valence-corrected chi connectivity index (χ2v) is 9.11. The molecule has 0 radical (unpaired) electrons. The van der Waals surface area contributed by atoms with Gasteiger partial charge in [0.05, 0.1) is 0 Å². The van der Waals surface area contributed by atoms with Crippen molar-refractivity contribution >= 4 is 0 Å². The van der Waals surface area contributed by atoms with Crippen LogP contribution in [0.5, 0.6) is 0 Å². The van der Waals surface area contributed by atoms with Crippen LogP contribution in [-0.4, -0.2) is 0 Å². The maximum atomic E-state index is 3.67. The normalized spacial score (nSPS) is 13.2. The molecule has 35 heavy (non-hydrogen) atoms. The van der Waals surface area contributed by atoms with Gasteiger partial charge in [0.2, 0.25) is 0 Å². The van der Waals surface area contributed by atoms with E-state index in [0.29, 0.717) is 5.92 Å². The van der Waals surface area contributed by atoms with Crippen molar-refractivity contribution in [2.45, 2.75) is 52.9 Å². The molecule has 182 valence electrons. The van der Waals surface area contributed by atoms with Gasteiger partial charge in [0.1, 0.15) is 0 Å². The van der Waals surface area contributed by atoms with Crippen molar-refractivity contribution in [3.05, 3.63) is 129 Å².